The number of rotatable bonds is 9. The maximum Gasteiger partial charge on any atom is 0.220 e. The van der Waals surface area contributed by atoms with Gasteiger partial charge >= 0.3 is 0 Å². The number of benzene rings is 1. The molecule has 0 heterocycles. The summed E-state index contributed by atoms with van der Waals surface area (Å²) in [6.07, 6.45) is 5.77. The number of nitrogens with one attached hydrogen (secondary N) is 1. The highest BCUT2D eigenvalue weighted by molar-refractivity contribution is 5.98. The fourth-order valence-electron chi connectivity index (χ4n) is 3.29. The van der Waals surface area contributed by atoms with Gasteiger partial charge in [0.05, 0.1) is 6.61 Å². The molecule has 0 saturated heterocycles. The number of nitrogens with two attached hydrogens (primary N) is 1. The van der Waals surface area contributed by atoms with Crippen LogP contribution in [0.25, 0.3) is 0 Å². The van der Waals surface area contributed by atoms with E-state index in [2.05, 4.69) is 5.32 Å². The van der Waals surface area contributed by atoms with Crippen LogP contribution in [0.4, 0.5) is 0 Å². The molecule has 1 aromatic carbocycles. The Morgan fingerprint density at radius 1 is 1.16 bits per heavy atom. The van der Waals surface area contributed by atoms with Gasteiger partial charge in [0.25, 0.3) is 0 Å². The molecular weight excluding hydrogens is 316 g/mol. The molecule has 1 fully saturated rings. The second kappa shape index (κ2) is 10.2. The molecule has 0 radical (unpaired) electrons. The van der Waals surface area contributed by atoms with Crippen molar-refractivity contribution in [3.8, 4) is 5.75 Å². The lowest BCUT2D eigenvalue weighted by atomic mass is 9.84. The zero-order valence-corrected chi connectivity index (χ0v) is 15.1. The van der Waals surface area contributed by atoms with Crippen molar-refractivity contribution in [3.05, 3.63) is 29.8 Å². The smallest absolute Gasteiger partial charge is 0.220 e. The van der Waals surface area contributed by atoms with Crippen molar-refractivity contribution in [2.75, 3.05) is 13.2 Å². The lowest BCUT2D eigenvalue weighted by Crippen LogP contribution is -2.44. The number of hydrogen-bond acceptors (Lipinski definition) is 4. The predicted octanol–water partition coefficient (Wildman–Crippen LogP) is 3.07. The monoisotopic (exact) mass is 346 g/mol. The van der Waals surface area contributed by atoms with Crippen LogP contribution in [0.15, 0.2) is 24.3 Å². The van der Waals surface area contributed by atoms with Gasteiger partial charge in [-0.1, -0.05) is 19.8 Å². The zero-order chi connectivity index (χ0) is 18.1. The van der Waals surface area contributed by atoms with Crippen molar-refractivity contribution >= 4 is 11.7 Å². The number of carbonyl (C=O) groups is 2. The standard InChI is InChI=1S/C20H30N2O3/c1-2-13-25-17-9-7-15(8-10-17)19(23)11-12-20(24)22-18-6-4-3-5-16(18)14-21/h7-10,16,18H,2-6,11-14,21H2,1H3,(H,22,24). The highest BCUT2D eigenvalue weighted by atomic mass is 16.5. The van der Waals surface area contributed by atoms with Crippen molar-refractivity contribution in [1.29, 1.82) is 0 Å². The summed E-state index contributed by atoms with van der Waals surface area (Å²) in [5.74, 6) is 1.06. The summed E-state index contributed by atoms with van der Waals surface area (Å²) in [5.41, 5.74) is 6.41. The van der Waals surface area contributed by atoms with E-state index >= 15 is 0 Å². The van der Waals surface area contributed by atoms with E-state index in [0.29, 0.717) is 24.6 Å². The third kappa shape index (κ3) is 6.16. The van der Waals surface area contributed by atoms with Gasteiger partial charge < -0.3 is 15.8 Å². The van der Waals surface area contributed by atoms with Crippen LogP contribution in [0.1, 0.15) is 62.2 Å². The second-order valence-corrected chi connectivity index (χ2v) is 6.75. The molecule has 1 aliphatic carbocycles. The molecule has 2 atom stereocenters. The van der Waals surface area contributed by atoms with Gasteiger partial charge in [0, 0.05) is 24.4 Å². The van der Waals surface area contributed by atoms with E-state index in [1.165, 1.54) is 6.42 Å². The first-order valence-corrected chi connectivity index (χ1v) is 9.39. The molecule has 0 spiro atoms. The first-order chi connectivity index (χ1) is 12.1. The fourth-order valence-corrected chi connectivity index (χ4v) is 3.29. The van der Waals surface area contributed by atoms with Crippen molar-refractivity contribution in [2.45, 2.75) is 57.9 Å². The summed E-state index contributed by atoms with van der Waals surface area (Å²) < 4.78 is 5.51. The summed E-state index contributed by atoms with van der Waals surface area (Å²) in [7, 11) is 0. The fraction of sp³-hybridized carbons (Fsp3) is 0.600. The molecule has 5 nitrogen and oxygen atoms in total. The minimum Gasteiger partial charge on any atom is -0.494 e. The van der Waals surface area contributed by atoms with Gasteiger partial charge in [0.15, 0.2) is 5.78 Å². The van der Waals surface area contributed by atoms with Crippen LogP contribution in [0.3, 0.4) is 0 Å². The third-order valence-electron chi connectivity index (χ3n) is 4.79. The molecule has 1 aliphatic rings. The topological polar surface area (TPSA) is 81.4 Å². The van der Waals surface area contributed by atoms with E-state index in [4.69, 9.17) is 10.5 Å². The van der Waals surface area contributed by atoms with E-state index in [1.54, 1.807) is 24.3 Å². The maximum absolute atomic E-state index is 12.2. The Bertz CT molecular complexity index is 557. The first kappa shape index (κ1) is 19.4. The zero-order valence-electron chi connectivity index (χ0n) is 15.1. The Hall–Kier alpha value is -1.88. The normalized spacial score (nSPS) is 20.1. The summed E-state index contributed by atoms with van der Waals surface area (Å²) in [6.45, 7) is 3.32. The number of hydrogen-bond donors (Lipinski definition) is 2. The van der Waals surface area contributed by atoms with Crippen LogP contribution in [0.5, 0.6) is 5.75 Å². The minimum atomic E-state index is -0.0541. The minimum absolute atomic E-state index is 0.0174. The van der Waals surface area contributed by atoms with E-state index in [9.17, 15) is 9.59 Å². The number of carbonyl (C=O) groups excluding carboxylic acids is 2. The molecule has 25 heavy (non-hydrogen) atoms. The van der Waals surface area contributed by atoms with Crippen LogP contribution in [-0.2, 0) is 4.79 Å². The molecule has 0 bridgehead atoms. The second-order valence-electron chi connectivity index (χ2n) is 6.75. The summed E-state index contributed by atoms with van der Waals surface area (Å²) >= 11 is 0. The SMILES string of the molecule is CCCOc1ccc(C(=O)CCC(=O)NC2CCCCC2CN)cc1. The molecule has 138 valence electrons. The van der Waals surface area contributed by atoms with Gasteiger partial charge in [-0.2, -0.15) is 0 Å². The average Bonchev–Trinajstić information content (AvgIpc) is 2.65. The molecule has 3 N–H and O–H groups in total. The van der Waals surface area contributed by atoms with Crippen LogP contribution in [-0.4, -0.2) is 30.9 Å². The Morgan fingerprint density at radius 2 is 1.88 bits per heavy atom. The van der Waals surface area contributed by atoms with E-state index in [1.807, 2.05) is 6.92 Å². The van der Waals surface area contributed by atoms with Gasteiger partial charge in [0.1, 0.15) is 5.75 Å². The van der Waals surface area contributed by atoms with Gasteiger partial charge in [0.2, 0.25) is 5.91 Å². The highest BCUT2D eigenvalue weighted by Crippen LogP contribution is 2.23. The average molecular weight is 346 g/mol. The third-order valence-corrected chi connectivity index (χ3v) is 4.79. The van der Waals surface area contributed by atoms with Crippen LogP contribution >= 0.6 is 0 Å². The number of amides is 1. The van der Waals surface area contributed by atoms with Crippen LogP contribution in [0, 0.1) is 5.92 Å². The summed E-state index contributed by atoms with van der Waals surface area (Å²) in [6, 6.07) is 7.29. The summed E-state index contributed by atoms with van der Waals surface area (Å²) in [5, 5.41) is 3.07. The van der Waals surface area contributed by atoms with Crippen molar-refractivity contribution in [1.82, 2.24) is 5.32 Å². The molecule has 1 aromatic rings. The number of ether oxygens (including phenoxy) is 1. The quantitative estimate of drug-likeness (QED) is 0.673. The Balaban J connectivity index is 1.77. The number of ketones is 1. The van der Waals surface area contributed by atoms with E-state index in [-0.39, 0.29) is 30.6 Å². The Kier molecular flexibility index (Phi) is 7.92. The largest absolute Gasteiger partial charge is 0.494 e. The molecule has 2 unspecified atom stereocenters. The van der Waals surface area contributed by atoms with E-state index in [0.717, 1.165) is 31.4 Å². The van der Waals surface area contributed by atoms with Crippen LogP contribution < -0.4 is 15.8 Å². The molecule has 0 aromatic heterocycles. The molecule has 5 heteroatoms. The Labute approximate surface area is 150 Å². The van der Waals surface area contributed by atoms with Crippen molar-refractivity contribution in [3.63, 3.8) is 0 Å². The molecule has 0 aliphatic heterocycles. The lowest BCUT2D eigenvalue weighted by molar-refractivity contribution is -0.122. The van der Waals surface area contributed by atoms with Gasteiger partial charge in [-0.25, -0.2) is 0 Å². The van der Waals surface area contributed by atoms with E-state index < -0.39 is 0 Å². The van der Waals surface area contributed by atoms with Gasteiger partial charge in [-0.05, 0) is 56.0 Å². The molecule has 1 saturated carbocycles. The van der Waals surface area contributed by atoms with Crippen molar-refractivity contribution < 1.29 is 14.3 Å². The van der Waals surface area contributed by atoms with Crippen LogP contribution in [0.2, 0.25) is 0 Å². The molecule has 1 amide bonds. The van der Waals surface area contributed by atoms with Gasteiger partial charge in [-0.3, -0.25) is 9.59 Å². The Morgan fingerprint density at radius 3 is 2.56 bits per heavy atom. The number of Topliss-reactive ketones (excluding diaryl/α,β-unsaturated/α-hetero) is 1. The lowest BCUT2D eigenvalue weighted by Gasteiger charge is -2.31. The molecular formula is C20H30N2O3. The van der Waals surface area contributed by atoms with Crippen molar-refractivity contribution in [2.24, 2.45) is 11.7 Å². The maximum atomic E-state index is 12.2. The highest BCUT2D eigenvalue weighted by Gasteiger charge is 2.25. The summed E-state index contributed by atoms with van der Waals surface area (Å²) in [4.78, 5) is 24.4. The predicted molar refractivity (Wildman–Crippen MR) is 98.7 cm³/mol. The molecule has 2 rings (SSSR count). The van der Waals surface area contributed by atoms with Gasteiger partial charge in [-0.15, -0.1) is 0 Å². The first-order valence-electron chi connectivity index (χ1n) is 9.39.